The molecule has 0 fully saturated rings. The average Bonchev–Trinajstić information content (AvgIpc) is 3.07. The predicted molar refractivity (Wildman–Crippen MR) is 123 cm³/mol. The number of halogens is 2. The number of rotatable bonds is 6. The molecule has 0 radical (unpaired) electrons. The number of hydrogen-bond acceptors (Lipinski definition) is 4. The molecule has 8 heteroatoms. The van der Waals surface area contributed by atoms with Gasteiger partial charge in [-0.3, -0.25) is 0 Å². The number of ether oxygens (including phenoxy) is 1. The van der Waals surface area contributed by atoms with Gasteiger partial charge in [0.15, 0.2) is 5.96 Å². The van der Waals surface area contributed by atoms with Crippen LogP contribution in [0.1, 0.15) is 44.9 Å². The van der Waals surface area contributed by atoms with Crippen molar-refractivity contribution in [2.75, 3.05) is 13.7 Å². The zero-order valence-electron chi connectivity index (χ0n) is 16.4. The monoisotopic (exact) mass is 550 g/mol. The smallest absolute Gasteiger partial charge is 0.213 e. The van der Waals surface area contributed by atoms with E-state index in [1.165, 1.54) is 0 Å². The Kier molecular flexibility index (Phi) is 9.58. The van der Waals surface area contributed by atoms with Crippen LogP contribution in [0.2, 0.25) is 0 Å². The van der Waals surface area contributed by atoms with Crippen LogP contribution < -0.4 is 15.4 Å². The minimum absolute atomic E-state index is 0. The molecule has 0 aliphatic rings. The molecule has 2 N–H and O–H groups in total. The van der Waals surface area contributed by atoms with Crippen LogP contribution in [0.25, 0.3) is 0 Å². The van der Waals surface area contributed by atoms with Crippen LogP contribution >= 0.6 is 39.9 Å². The van der Waals surface area contributed by atoms with Crippen LogP contribution in [-0.4, -0.2) is 24.6 Å². The largest absolute Gasteiger partial charge is 0.496 e. The number of oxazole rings is 1. The lowest BCUT2D eigenvalue weighted by atomic mass is 9.94. The Bertz CT molecular complexity index is 756. The molecule has 0 bridgehead atoms. The van der Waals surface area contributed by atoms with Crippen LogP contribution in [-0.2, 0) is 18.5 Å². The lowest BCUT2D eigenvalue weighted by molar-refractivity contribution is 0.379. The highest BCUT2D eigenvalue weighted by Gasteiger charge is 2.19. The minimum atomic E-state index is -0.0545. The summed E-state index contributed by atoms with van der Waals surface area (Å²) in [7, 11) is 1.66. The molecule has 150 valence electrons. The normalized spacial score (nSPS) is 11.7. The summed E-state index contributed by atoms with van der Waals surface area (Å²) in [5.41, 5.74) is 0.950. The second kappa shape index (κ2) is 10.9. The van der Waals surface area contributed by atoms with Crippen molar-refractivity contribution in [2.45, 2.75) is 46.2 Å². The lowest BCUT2D eigenvalue weighted by Gasteiger charge is -2.13. The van der Waals surface area contributed by atoms with Crippen LogP contribution in [0, 0.1) is 0 Å². The summed E-state index contributed by atoms with van der Waals surface area (Å²) in [4.78, 5) is 8.96. The number of nitrogens with zero attached hydrogens (tertiary/aromatic N) is 2. The highest BCUT2D eigenvalue weighted by molar-refractivity contribution is 14.0. The van der Waals surface area contributed by atoms with Crippen molar-refractivity contribution in [3.8, 4) is 5.75 Å². The molecule has 0 amide bonds. The van der Waals surface area contributed by atoms with Gasteiger partial charge in [-0.25, -0.2) is 9.98 Å². The summed E-state index contributed by atoms with van der Waals surface area (Å²) in [5.74, 6) is 3.02. The third-order valence-electron chi connectivity index (χ3n) is 3.69. The Morgan fingerprint density at radius 1 is 1.30 bits per heavy atom. The maximum atomic E-state index is 5.81. The fourth-order valence-electron chi connectivity index (χ4n) is 2.27. The molecule has 0 aliphatic heterocycles. The van der Waals surface area contributed by atoms with Crippen molar-refractivity contribution < 1.29 is 9.15 Å². The van der Waals surface area contributed by atoms with Crippen molar-refractivity contribution in [2.24, 2.45) is 4.99 Å². The van der Waals surface area contributed by atoms with E-state index in [1.807, 2.05) is 25.1 Å². The molecular formula is C19H28BrIN4O2. The maximum Gasteiger partial charge on any atom is 0.213 e. The number of nitrogens with one attached hydrogen (secondary N) is 2. The predicted octanol–water partition coefficient (Wildman–Crippen LogP) is 4.62. The topological polar surface area (TPSA) is 71.7 Å². The third-order valence-corrected chi connectivity index (χ3v) is 4.19. The van der Waals surface area contributed by atoms with Crippen molar-refractivity contribution in [3.05, 3.63) is 46.1 Å². The molecule has 1 aromatic carbocycles. The number of aliphatic imine (C=N–C) groups is 1. The van der Waals surface area contributed by atoms with Gasteiger partial charge in [-0.05, 0) is 25.1 Å². The van der Waals surface area contributed by atoms with E-state index >= 15 is 0 Å². The Balaban J connectivity index is 0.00000364. The molecule has 1 aromatic heterocycles. The second-order valence-corrected chi connectivity index (χ2v) is 7.79. The van der Waals surface area contributed by atoms with E-state index in [4.69, 9.17) is 9.15 Å². The Hall–Kier alpha value is -1.29. The first-order valence-corrected chi connectivity index (χ1v) is 9.42. The molecule has 0 saturated heterocycles. The van der Waals surface area contributed by atoms with Crippen molar-refractivity contribution in [3.63, 3.8) is 0 Å². The highest BCUT2D eigenvalue weighted by Crippen LogP contribution is 2.24. The van der Waals surface area contributed by atoms with Gasteiger partial charge >= 0.3 is 0 Å². The van der Waals surface area contributed by atoms with Crippen LogP contribution in [0.5, 0.6) is 5.75 Å². The summed E-state index contributed by atoms with van der Waals surface area (Å²) in [6.45, 7) is 10.1. The number of hydrogen-bond donors (Lipinski definition) is 2. The summed E-state index contributed by atoms with van der Waals surface area (Å²) in [6.07, 6.45) is 1.79. The van der Waals surface area contributed by atoms with E-state index in [2.05, 4.69) is 57.3 Å². The van der Waals surface area contributed by atoms with Gasteiger partial charge in [-0.15, -0.1) is 24.0 Å². The van der Waals surface area contributed by atoms with Crippen LogP contribution in [0.4, 0.5) is 0 Å². The number of benzene rings is 1. The van der Waals surface area contributed by atoms with Crippen LogP contribution in [0.15, 0.2) is 38.3 Å². The third kappa shape index (κ3) is 7.33. The van der Waals surface area contributed by atoms with E-state index in [-0.39, 0.29) is 29.4 Å². The molecule has 0 aliphatic carbocycles. The molecule has 6 nitrogen and oxygen atoms in total. The number of methoxy groups -OCH3 is 1. The number of guanidine groups is 1. The maximum absolute atomic E-state index is 5.81. The first-order valence-electron chi connectivity index (χ1n) is 8.63. The Morgan fingerprint density at radius 3 is 2.63 bits per heavy atom. The van der Waals surface area contributed by atoms with Crippen molar-refractivity contribution in [1.29, 1.82) is 0 Å². The van der Waals surface area contributed by atoms with Gasteiger partial charge in [0.25, 0.3) is 0 Å². The fourth-order valence-corrected chi connectivity index (χ4v) is 2.68. The SMILES string of the molecule is CCNC(=NCc1cc(Br)ccc1OC)NCc1ncc(C(C)(C)C)o1.I. The van der Waals surface area contributed by atoms with Gasteiger partial charge in [0.05, 0.1) is 26.4 Å². The standard InChI is InChI=1S/C19H27BrN4O2.HI/c1-6-21-18(23-10-13-9-14(20)7-8-15(13)25-5)24-12-17-22-11-16(26-17)19(2,3)4;/h7-9,11H,6,10,12H2,1-5H3,(H2,21,23,24);1H. The van der Waals surface area contributed by atoms with E-state index in [9.17, 15) is 0 Å². The Morgan fingerprint density at radius 2 is 2.04 bits per heavy atom. The Labute approximate surface area is 186 Å². The summed E-state index contributed by atoms with van der Waals surface area (Å²) >= 11 is 3.49. The summed E-state index contributed by atoms with van der Waals surface area (Å²) in [6, 6.07) is 5.89. The first-order chi connectivity index (χ1) is 12.3. The quantitative estimate of drug-likeness (QED) is 0.312. The van der Waals surface area contributed by atoms with Crippen molar-refractivity contribution in [1.82, 2.24) is 15.6 Å². The van der Waals surface area contributed by atoms with E-state index < -0.39 is 0 Å². The zero-order chi connectivity index (χ0) is 19.2. The van der Waals surface area contributed by atoms with Crippen molar-refractivity contribution >= 4 is 45.9 Å². The van der Waals surface area contributed by atoms with Gasteiger partial charge in [0.2, 0.25) is 5.89 Å². The van der Waals surface area contributed by atoms with E-state index in [0.717, 1.165) is 28.1 Å². The lowest BCUT2D eigenvalue weighted by Crippen LogP contribution is -2.36. The van der Waals surface area contributed by atoms with E-state index in [0.29, 0.717) is 24.9 Å². The van der Waals surface area contributed by atoms with Gasteiger partial charge in [-0.1, -0.05) is 36.7 Å². The van der Waals surface area contributed by atoms with Gasteiger partial charge < -0.3 is 19.8 Å². The molecule has 0 spiro atoms. The summed E-state index contributed by atoms with van der Waals surface area (Å²) in [5, 5.41) is 6.48. The molecule has 27 heavy (non-hydrogen) atoms. The second-order valence-electron chi connectivity index (χ2n) is 6.87. The molecule has 0 atom stereocenters. The summed E-state index contributed by atoms with van der Waals surface area (Å²) < 4.78 is 12.2. The highest BCUT2D eigenvalue weighted by atomic mass is 127. The van der Waals surface area contributed by atoms with Gasteiger partial charge in [0.1, 0.15) is 11.5 Å². The first kappa shape index (κ1) is 23.7. The minimum Gasteiger partial charge on any atom is -0.496 e. The molecular weight excluding hydrogens is 523 g/mol. The average molecular weight is 551 g/mol. The zero-order valence-corrected chi connectivity index (χ0v) is 20.3. The molecule has 2 rings (SSSR count). The number of aromatic nitrogens is 1. The van der Waals surface area contributed by atoms with Gasteiger partial charge in [-0.2, -0.15) is 0 Å². The molecule has 1 heterocycles. The molecule has 0 unspecified atom stereocenters. The molecule has 2 aromatic rings. The fraction of sp³-hybridized carbons (Fsp3) is 0.474. The van der Waals surface area contributed by atoms with E-state index in [1.54, 1.807) is 13.3 Å². The van der Waals surface area contributed by atoms with Crippen LogP contribution in [0.3, 0.4) is 0 Å². The van der Waals surface area contributed by atoms with Gasteiger partial charge in [0, 0.05) is 22.0 Å². The molecule has 0 saturated carbocycles.